The van der Waals surface area contributed by atoms with Gasteiger partial charge in [-0.05, 0) is 36.2 Å². The molecule has 41 heavy (non-hydrogen) atoms. The van der Waals surface area contributed by atoms with Gasteiger partial charge in [-0.2, -0.15) is 0 Å². The molecule has 7 heteroatoms. The Morgan fingerprint density at radius 2 is 1.29 bits per heavy atom. The van der Waals surface area contributed by atoms with Crippen LogP contribution in [0.2, 0.25) is 0 Å². The van der Waals surface area contributed by atoms with Crippen LogP contribution in [0, 0.1) is 11.8 Å². The molecule has 0 heterocycles. The molecule has 4 aromatic carbocycles. The van der Waals surface area contributed by atoms with E-state index in [4.69, 9.17) is 5.11 Å². The zero-order chi connectivity index (χ0) is 29.1. The number of aliphatic carboxylic acids is 1. The van der Waals surface area contributed by atoms with Crippen LogP contribution in [0.4, 0.5) is 0 Å². The van der Waals surface area contributed by atoms with Gasteiger partial charge >= 0.3 is 5.97 Å². The third kappa shape index (κ3) is 7.91. The summed E-state index contributed by atoms with van der Waals surface area (Å²) in [6.07, 6.45) is -0.327. The molecule has 7 nitrogen and oxygen atoms in total. The van der Waals surface area contributed by atoms with Crippen LogP contribution in [0.5, 0.6) is 0 Å². The quantitative estimate of drug-likeness (QED) is 0.222. The molecule has 0 aromatic heterocycles. The van der Waals surface area contributed by atoms with E-state index in [0.717, 1.165) is 5.56 Å². The maximum absolute atomic E-state index is 13.0. The summed E-state index contributed by atoms with van der Waals surface area (Å²) in [6, 6.07) is 33.0. The second kappa shape index (κ2) is 13.7. The normalized spacial score (nSPS) is 11.4. The summed E-state index contributed by atoms with van der Waals surface area (Å²) >= 11 is 0. The first-order valence-electron chi connectivity index (χ1n) is 13.2. The standard InChI is InChI=1S/C34H30N2O5/c37-31(38)21-20-30(33(40)35-24-26-10-4-1-5-11-26)36-32(39)27-18-16-25(17-19-27)22-23-34(41,28-12-6-2-7-13-28)29-14-8-3-9-15-29/h1-19,30,41H,20-21,24H2,(H,35,40)(H,36,39)(H,37,38)/t30-/m0/s1. The van der Waals surface area contributed by atoms with Crippen LogP contribution in [-0.2, 0) is 21.7 Å². The summed E-state index contributed by atoms with van der Waals surface area (Å²) in [5, 5.41) is 26.1. The monoisotopic (exact) mass is 546 g/mol. The first-order valence-corrected chi connectivity index (χ1v) is 13.2. The minimum absolute atomic E-state index is 0.0528. The molecule has 206 valence electrons. The van der Waals surface area contributed by atoms with Gasteiger partial charge in [0.15, 0.2) is 5.60 Å². The summed E-state index contributed by atoms with van der Waals surface area (Å²) in [5.74, 6) is 3.96. The predicted octanol–water partition coefficient (Wildman–Crippen LogP) is 4.25. The van der Waals surface area contributed by atoms with Crippen molar-refractivity contribution in [2.24, 2.45) is 0 Å². The predicted molar refractivity (Wildman–Crippen MR) is 156 cm³/mol. The van der Waals surface area contributed by atoms with E-state index in [-0.39, 0.29) is 24.9 Å². The van der Waals surface area contributed by atoms with Crippen molar-refractivity contribution in [1.82, 2.24) is 10.6 Å². The third-order valence-corrected chi connectivity index (χ3v) is 6.50. The van der Waals surface area contributed by atoms with Crippen molar-refractivity contribution in [3.05, 3.63) is 143 Å². The van der Waals surface area contributed by atoms with Crippen LogP contribution in [-0.4, -0.2) is 34.0 Å². The van der Waals surface area contributed by atoms with Crippen molar-refractivity contribution in [3.8, 4) is 11.8 Å². The average molecular weight is 547 g/mol. The Balaban J connectivity index is 1.48. The van der Waals surface area contributed by atoms with Gasteiger partial charge in [-0.3, -0.25) is 14.4 Å². The smallest absolute Gasteiger partial charge is 0.303 e. The number of hydrogen-bond donors (Lipinski definition) is 4. The van der Waals surface area contributed by atoms with E-state index in [0.29, 0.717) is 16.7 Å². The highest BCUT2D eigenvalue weighted by Gasteiger charge is 2.29. The molecule has 0 aliphatic heterocycles. The molecule has 0 saturated heterocycles. The van der Waals surface area contributed by atoms with Gasteiger partial charge in [0, 0.05) is 35.2 Å². The van der Waals surface area contributed by atoms with Gasteiger partial charge in [-0.25, -0.2) is 0 Å². The van der Waals surface area contributed by atoms with E-state index in [1.807, 2.05) is 91.0 Å². The van der Waals surface area contributed by atoms with E-state index in [2.05, 4.69) is 22.5 Å². The van der Waals surface area contributed by atoms with Gasteiger partial charge in [0.2, 0.25) is 5.91 Å². The van der Waals surface area contributed by atoms with Crippen LogP contribution >= 0.6 is 0 Å². The summed E-state index contributed by atoms with van der Waals surface area (Å²) < 4.78 is 0. The van der Waals surface area contributed by atoms with Crippen molar-refractivity contribution >= 4 is 17.8 Å². The van der Waals surface area contributed by atoms with Gasteiger partial charge in [-0.15, -0.1) is 0 Å². The SMILES string of the molecule is O=C(O)CC[C@H](NC(=O)c1ccc(C#CC(O)(c2ccccc2)c2ccccc2)cc1)C(=O)NCc1ccccc1. The van der Waals surface area contributed by atoms with Gasteiger partial charge in [-0.1, -0.05) is 103 Å². The lowest BCUT2D eigenvalue weighted by Crippen LogP contribution is -2.46. The fraction of sp³-hybridized carbons (Fsp3) is 0.147. The Morgan fingerprint density at radius 1 is 0.756 bits per heavy atom. The van der Waals surface area contributed by atoms with E-state index in [9.17, 15) is 19.5 Å². The fourth-order valence-corrected chi connectivity index (χ4v) is 4.22. The van der Waals surface area contributed by atoms with E-state index in [1.54, 1.807) is 24.3 Å². The summed E-state index contributed by atoms with van der Waals surface area (Å²) in [7, 11) is 0. The Morgan fingerprint density at radius 3 is 1.83 bits per heavy atom. The highest BCUT2D eigenvalue weighted by molar-refractivity contribution is 5.97. The maximum Gasteiger partial charge on any atom is 0.303 e. The van der Waals surface area contributed by atoms with Crippen LogP contribution in [0.3, 0.4) is 0 Å². The number of carboxylic acid groups (broad SMARTS) is 1. The first-order chi connectivity index (χ1) is 19.8. The largest absolute Gasteiger partial charge is 0.481 e. The number of carbonyl (C=O) groups is 3. The topological polar surface area (TPSA) is 116 Å². The van der Waals surface area contributed by atoms with Crippen molar-refractivity contribution in [3.63, 3.8) is 0 Å². The maximum atomic E-state index is 13.0. The molecular formula is C34H30N2O5. The van der Waals surface area contributed by atoms with Crippen molar-refractivity contribution in [1.29, 1.82) is 0 Å². The Labute approximate surface area is 238 Å². The van der Waals surface area contributed by atoms with E-state index < -0.39 is 29.4 Å². The zero-order valence-electron chi connectivity index (χ0n) is 22.3. The molecule has 0 radical (unpaired) electrons. The molecule has 4 rings (SSSR count). The summed E-state index contributed by atoms with van der Waals surface area (Å²) in [4.78, 5) is 36.9. The molecule has 0 unspecified atom stereocenters. The van der Waals surface area contributed by atoms with Crippen molar-refractivity contribution < 1.29 is 24.6 Å². The van der Waals surface area contributed by atoms with Gasteiger partial charge in [0.1, 0.15) is 6.04 Å². The number of rotatable bonds is 10. The van der Waals surface area contributed by atoms with Crippen LogP contribution in [0.1, 0.15) is 45.5 Å². The van der Waals surface area contributed by atoms with Crippen LogP contribution < -0.4 is 10.6 Å². The Bertz CT molecular complexity index is 1490. The number of aliphatic hydroxyl groups is 1. The molecule has 1 atom stereocenters. The number of nitrogens with one attached hydrogen (secondary N) is 2. The van der Waals surface area contributed by atoms with Crippen LogP contribution in [0.25, 0.3) is 0 Å². The lowest BCUT2D eigenvalue weighted by Gasteiger charge is -2.23. The van der Waals surface area contributed by atoms with E-state index in [1.165, 1.54) is 0 Å². The average Bonchev–Trinajstić information content (AvgIpc) is 3.02. The lowest BCUT2D eigenvalue weighted by atomic mass is 9.86. The number of carbonyl (C=O) groups excluding carboxylic acids is 2. The second-order valence-electron chi connectivity index (χ2n) is 9.43. The Kier molecular flexibility index (Phi) is 9.66. The molecule has 0 fully saturated rings. The second-order valence-corrected chi connectivity index (χ2v) is 9.43. The molecule has 0 spiro atoms. The van der Waals surface area contributed by atoms with Crippen molar-refractivity contribution in [2.45, 2.75) is 31.0 Å². The lowest BCUT2D eigenvalue weighted by molar-refractivity contribution is -0.137. The highest BCUT2D eigenvalue weighted by Crippen LogP contribution is 2.29. The first kappa shape index (κ1) is 28.8. The molecule has 0 aliphatic carbocycles. The molecule has 0 bridgehead atoms. The van der Waals surface area contributed by atoms with Gasteiger partial charge in [0.05, 0.1) is 0 Å². The molecule has 2 amide bonds. The molecule has 4 aromatic rings. The zero-order valence-corrected chi connectivity index (χ0v) is 22.3. The van der Waals surface area contributed by atoms with Gasteiger partial charge in [0.25, 0.3) is 5.91 Å². The third-order valence-electron chi connectivity index (χ3n) is 6.50. The van der Waals surface area contributed by atoms with E-state index >= 15 is 0 Å². The van der Waals surface area contributed by atoms with Crippen LogP contribution in [0.15, 0.2) is 115 Å². The fourth-order valence-electron chi connectivity index (χ4n) is 4.22. The number of carboxylic acids is 1. The molecule has 4 N–H and O–H groups in total. The Hall–Kier alpha value is -5.19. The van der Waals surface area contributed by atoms with Gasteiger partial charge < -0.3 is 20.8 Å². The summed E-state index contributed by atoms with van der Waals surface area (Å²) in [6.45, 7) is 0.255. The molecule has 0 saturated carbocycles. The summed E-state index contributed by atoms with van der Waals surface area (Å²) in [5.41, 5.74) is 1.47. The number of hydrogen-bond acceptors (Lipinski definition) is 4. The number of benzene rings is 4. The minimum Gasteiger partial charge on any atom is -0.481 e. The highest BCUT2D eigenvalue weighted by atomic mass is 16.4. The minimum atomic E-state index is -1.54. The molecular weight excluding hydrogens is 516 g/mol. The van der Waals surface area contributed by atoms with Crippen molar-refractivity contribution in [2.75, 3.05) is 0 Å². The molecule has 0 aliphatic rings. The number of amides is 2.